The van der Waals surface area contributed by atoms with Gasteiger partial charge in [-0.05, 0) is 36.4 Å². The van der Waals surface area contributed by atoms with E-state index in [1.165, 1.54) is 23.1 Å². The summed E-state index contributed by atoms with van der Waals surface area (Å²) in [6.45, 7) is 1.64. The summed E-state index contributed by atoms with van der Waals surface area (Å²) in [6.07, 6.45) is -5.52. The molecule has 2 aromatic heterocycles. The van der Waals surface area contributed by atoms with Crippen LogP contribution in [0.4, 0.5) is 28.0 Å². The van der Waals surface area contributed by atoms with E-state index in [2.05, 4.69) is 25.1 Å². The first-order valence-corrected chi connectivity index (χ1v) is 9.43. The molecule has 1 aromatic carbocycles. The van der Waals surface area contributed by atoms with Crippen LogP contribution in [0.3, 0.4) is 0 Å². The zero-order valence-electron chi connectivity index (χ0n) is 16.5. The maximum atomic E-state index is 14.8. The molecule has 3 heterocycles. The normalized spacial score (nSPS) is 17.5. The maximum Gasteiger partial charge on any atom is 0.414 e. The number of halogens is 4. The molecule has 1 saturated heterocycles. The van der Waals surface area contributed by atoms with Gasteiger partial charge in [0.05, 0.1) is 18.8 Å². The standard InChI is InChI=1S/C19H16F4N6O3/c1-2-29-26-16(25-27-29)14-6-3-10(8-24-14)12-5-4-11(7-13(12)20)28-9-15(32-18(28)31)19(22,23)17(21)30/h3-8,15,17,30H,2,9H2,1H3/t15-,17+/m0/s1. The van der Waals surface area contributed by atoms with Crippen molar-refractivity contribution < 1.29 is 32.2 Å². The van der Waals surface area contributed by atoms with Gasteiger partial charge in [-0.25, -0.2) is 13.6 Å². The smallest absolute Gasteiger partial charge is 0.414 e. The van der Waals surface area contributed by atoms with Gasteiger partial charge in [-0.15, -0.1) is 10.2 Å². The topological polar surface area (TPSA) is 106 Å². The van der Waals surface area contributed by atoms with Crippen LogP contribution in [0.1, 0.15) is 6.92 Å². The van der Waals surface area contributed by atoms with E-state index in [4.69, 9.17) is 5.11 Å². The Morgan fingerprint density at radius 1 is 1.31 bits per heavy atom. The fourth-order valence-corrected chi connectivity index (χ4v) is 3.10. The molecule has 1 amide bonds. The van der Waals surface area contributed by atoms with Crippen LogP contribution in [0.2, 0.25) is 0 Å². The second-order valence-electron chi connectivity index (χ2n) is 6.89. The first-order chi connectivity index (χ1) is 15.2. The molecular weight excluding hydrogens is 436 g/mol. The molecule has 168 valence electrons. The zero-order valence-corrected chi connectivity index (χ0v) is 16.5. The summed E-state index contributed by atoms with van der Waals surface area (Å²) in [4.78, 5) is 18.3. The Kier molecular flexibility index (Phi) is 5.50. The monoisotopic (exact) mass is 452 g/mol. The number of hydrogen-bond acceptors (Lipinski definition) is 7. The summed E-state index contributed by atoms with van der Waals surface area (Å²) >= 11 is 0. The fraction of sp³-hybridized carbons (Fsp3) is 0.316. The minimum atomic E-state index is -4.30. The highest BCUT2D eigenvalue weighted by atomic mass is 19.3. The van der Waals surface area contributed by atoms with Crippen molar-refractivity contribution in [3.63, 3.8) is 0 Å². The van der Waals surface area contributed by atoms with Crippen molar-refractivity contribution in [2.45, 2.75) is 31.9 Å². The summed E-state index contributed by atoms with van der Waals surface area (Å²) in [5.74, 6) is -4.74. The van der Waals surface area contributed by atoms with Gasteiger partial charge in [-0.3, -0.25) is 9.88 Å². The number of aliphatic hydroxyl groups is 1. The Balaban J connectivity index is 1.54. The Morgan fingerprint density at radius 2 is 2.09 bits per heavy atom. The molecule has 32 heavy (non-hydrogen) atoms. The molecule has 2 atom stereocenters. The average Bonchev–Trinajstić information content (AvgIpc) is 3.41. The number of benzene rings is 1. The molecule has 0 bridgehead atoms. The van der Waals surface area contributed by atoms with Gasteiger partial charge in [0.15, 0.2) is 6.10 Å². The van der Waals surface area contributed by atoms with Gasteiger partial charge in [0.1, 0.15) is 11.5 Å². The van der Waals surface area contributed by atoms with Gasteiger partial charge in [0.25, 0.3) is 6.36 Å². The second-order valence-corrected chi connectivity index (χ2v) is 6.89. The van der Waals surface area contributed by atoms with Crippen LogP contribution in [-0.2, 0) is 11.3 Å². The van der Waals surface area contributed by atoms with E-state index in [0.717, 1.165) is 11.0 Å². The van der Waals surface area contributed by atoms with Gasteiger partial charge < -0.3 is 9.84 Å². The number of cyclic esters (lactones) is 1. The number of aryl methyl sites for hydroxylation is 1. The number of anilines is 1. The molecule has 3 aromatic rings. The molecule has 0 unspecified atom stereocenters. The zero-order chi connectivity index (χ0) is 23.0. The lowest BCUT2D eigenvalue weighted by atomic mass is 10.1. The number of ether oxygens (including phenoxy) is 1. The number of carbonyl (C=O) groups excluding carboxylic acids is 1. The third-order valence-electron chi connectivity index (χ3n) is 4.86. The highest BCUT2D eigenvalue weighted by Gasteiger charge is 2.54. The first kappa shape index (κ1) is 21.6. The molecular formula is C19H16F4N6O3. The van der Waals surface area contributed by atoms with Crippen LogP contribution < -0.4 is 4.90 Å². The van der Waals surface area contributed by atoms with Gasteiger partial charge >= 0.3 is 12.0 Å². The van der Waals surface area contributed by atoms with E-state index in [-0.39, 0.29) is 11.3 Å². The third kappa shape index (κ3) is 3.86. The van der Waals surface area contributed by atoms with Crippen LogP contribution in [0.5, 0.6) is 0 Å². The van der Waals surface area contributed by atoms with Crippen molar-refractivity contribution >= 4 is 11.8 Å². The predicted molar refractivity (Wildman–Crippen MR) is 102 cm³/mol. The summed E-state index contributed by atoms with van der Waals surface area (Å²) in [5, 5.41) is 20.4. The van der Waals surface area contributed by atoms with Gasteiger partial charge in [-0.1, -0.05) is 6.07 Å². The van der Waals surface area contributed by atoms with Crippen LogP contribution in [0.15, 0.2) is 36.5 Å². The lowest BCUT2D eigenvalue weighted by Crippen LogP contribution is -2.44. The lowest BCUT2D eigenvalue weighted by Gasteiger charge is -2.21. The number of amides is 1. The Labute approximate surface area is 178 Å². The Bertz CT molecular complexity index is 1140. The Morgan fingerprint density at radius 3 is 2.69 bits per heavy atom. The number of pyridine rings is 1. The molecule has 1 fully saturated rings. The van der Waals surface area contributed by atoms with E-state index >= 15 is 0 Å². The molecule has 13 heteroatoms. The van der Waals surface area contributed by atoms with Crippen molar-refractivity contribution in [2.24, 2.45) is 0 Å². The highest BCUT2D eigenvalue weighted by Crippen LogP contribution is 2.34. The molecule has 0 saturated carbocycles. The maximum absolute atomic E-state index is 14.8. The van der Waals surface area contributed by atoms with E-state index in [1.54, 1.807) is 12.1 Å². The molecule has 0 aliphatic carbocycles. The largest absolute Gasteiger partial charge is 0.437 e. The molecule has 1 N–H and O–H groups in total. The predicted octanol–water partition coefficient (Wildman–Crippen LogP) is 2.81. The van der Waals surface area contributed by atoms with Crippen molar-refractivity contribution in [1.29, 1.82) is 0 Å². The summed E-state index contributed by atoms with van der Waals surface area (Å²) < 4.78 is 59.2. The number of tetrazole rings is 1. The SMILES string of the molecule is CCn1nnc(-c2ccc(-c3ccc(N4C[C@@H](C(F)(F)[C@@H](O)F)OC4=O)cc3F)cn2)n1. The van der Waals surface area contributed by atoms with Crippen LogP contribution in [0, 0.1) is 5.82 Å². The van der Waals surface area contributed by atoms with E-state index < -0.39 is 36.8 Å². The van der Waals surface area contributed by atoms with Crippen LogP contribution >= 0.6 is 0 Å². The molecule has 1 aliphatic heterocycles. The van der Waals surface area contributed by atoms with E-state index in [0.29, 0.717) is 23.6 Å². The molecule has 9 nitrogen and oxygen atoms in total. The number of rotatable bonds is 6. The lowest BCUT2D eigenvalue weighted by molar-refractivity contribution is -0.209. The Hall–Kier alpha value is -3.61. The summed E-state index contributed by atoms with van der Waals surface area (Å²) in [5.41, 5.74) is 0.932. The minimum absolute atomic E-state index is 0.0622. The third-order valence-corrected chi connectivity index (χ3v) is 4.86. The quantitative estimate of drug-likeness (QED) is 0.574. The number of hydrogen-bond donors (Lipinski definition) is 1. The molecule has 0 radical (unpaired) electrons. The van der Waals surface area contributed by atoms with Crippen LogP contribution in [0.25, 0.3) is 22.6 Å². The van der Waals surface area contributed by atoms with E-state index in [9.17, 15) is 22.4 Å². The summed E-state index contributed by atoms with van der Waals surface area (Å²) in [7, 11) is 0. The summed E-state index contributed by atoms with van der Waals surface area (Å²) in [6, 6.07) is 6.82. The van der Waals surface area contributed by atoms with E-state index in [1.807, 2.05) is 6.92 Å². The number of carbonyl (C=O) groups is 1. The molecule has 0 spiro atoms. The van der Waals surface area contributed by atoms with Crippen molar-refractivity contribution in [1.82, 2.24) is 25.2 Å². The second kappa shape index (κ2) is 8.15. The number of aromatic nitrogens is 5. The van der Waals surface area contributed by atoms with Crippen molar-refractivity contribution in [2.75, 3.05) is 11.4 Å². The minimum Gasteiger partial charge on any atom is -0.437 e. The number of nitrogens with zero attached hydrogens (tertiary/aromatic N) is 6. The van der Waals surface area contributed by atoms with Crippen molar-refractivity contribution in [3.05, 3.63) is 42.3 Å². The first-order valence-electron chi connectivity index (χ1n) is 9.43. The molecule has 1 aliphatic rings. The fourth-order valence-electron chi connectivity index (χ4n) is 3.10. The van der Waals surface area contributed by atoms with Crippen molar-refractivity contribution in [3.8, 4) is 22.6 Å². The van der Waals surface area contributed by atoms with Gasteiger partial charge in [0.2, 0.25) is 5.82 Å². The highest BCUT2D eigenvalue weighted by molar-refractivity contribution is 5.90. The van der Waals surface area contributed by atoms with Gasteiger partial charge in [0, 0.05) is 17.3 Å². The number of aliphatic hydroxyl groups excluding tert-OH is 1. The van der Waals surface area contributed by atoms with Gasteiger partial charge in [-0.2, -0.15) is 13.6 Å². The molecule has 4 rings (SSSR count). The average molecular weight is 452 g/mol. The van der Waals surface area contributed by atoms with Crippen LogP contribution in [-0.4, -0.2) is 61.3 Å². The number of alkyl halides is 3.